The number of hydrogen-bond acceptors (Lipinski definition) is 5. The number of anilines is 1. The van der Waals surface area contributed by atoms with Crippen molar-refractivity contribution in [3.63, 3.8) is 0 Å². The largest absolute Gasteiger partial charge is 0.372 e. The number of nitrogens with zero attached hydrogens (tertiary/aromatic N) is 3. The number of nitro groups is 1. The Labute approximate surface area is 88.7 Å². The van der Waals surface area contributed by atoms with Crippen LogP contribution in [0.15, 0.2) is 11.6 Å². The predicted molar refractivity (Wildman–Crippen MR) is 56.4 cm³/mol. The third-order valence-electron chi connectivity index (χ3n) is 2.33. The fraction of sp³-hybridized carbons (Fsp3) is 0.375. The molecule has 3 rings (SSSR count). The standard InChI is InChI=1S/C8H8N4O2S/c13-12(14)7-6(9-5-1-2-5)10-8-11(7)3-4-15-8/h3-5,9H,1-2H2. The van der Waals surface area contributed by atoms with Crippen LogP contribution in [0.5, 0.6) is 0 Å². The minimum Gasteiger partial charge on any atom is -0.360 e. The molecule has 1 aliphatic rings. The average Bonchev–Trinajstić information content (AvgIpc) is 2.72. The van der Waals surface area contributed by atoms with Gasteiger partial charge in [0.05, 0.1) is 0 Å². The van der Waals surface area contributed by atoms with Gasteiger partial charge in [-0.05, 0) is 17.8 Å². The van der Waals surface area contributed by atoms with Gasteiger partial charge in [0, 0.05) is 11.4 Å². The van der Waals surface area contributed by atoms with Crippen LogP contribution in [0.4, 0.5) is 11.6 Å². The zero-order valence-electron chi connectivity index (χ0n) is 7.71. The van der Waals surface area contributed by atoms with Crippen LogP contribution in [0, 0.1) is 10.1 Å². The summed E-state index contributed by atoms with van der Waals surface area (Å²) in [5.41, 5.74) is 0. The van der Waals surface area contributed by atoms with Gasteiger partial charge in [-0.25, -0.2) is 0 Å². The van der Waals surface area contributed by atoms with Crippen molar-refractivity contribution in [2.45, 2.75) is 18.9 Å². The van der Waals surface area contributed by atoms with Gasteiger partial charge in [-0.2, -0.15) is 9.38 Å². The van der Waals surface area contributed by atoms with Crippen molar-refractivity contribution >= 4 is 27.9 Å². The summed E-state index contributed by atoms with van der Waals surface area (Å²) in [6.07, 6.45) is 3.81. The van der Waals surface area contributed by atoms with Gasteiger partial charge in [0.25, 0.3) is 4.96 Å². The van der Waals surface area contributed by atoms with E-state index in [-0.39, 0.29) is 5.82 Å². The van der Waals surface area contributed by atoms with Gasteiger partial charge in [-0.3, -0.25) is 0 Å². The minimum absolute atomic E-state index is 0.0400. The number of aromatic nitrogens is 2. The number of nitrogens with one attached hydrogen (secondary N) is 1. The molecule has 2 heterocycles. The summed E-state index contributed by atoms with van der Waals surface area (Å²) < 4.78 is 1.51. The Morgan fingerprint density at radius 1 is 1.67 bits per heavy atom. The number of hydrogen-bond donors (Lipinski definition) is 1. The van der Waals surface area contributed by atoms with Crippen molar-refractivity contribution in [1.29, 1.82) is 0 Å². The number of fused-ring (bicyclic) bond motifs is 1. The highest BCUT2D eigenvalue weighted by molar-refractivity contribution is 7.15. The van der Waals surface area contributed by atoms with Crippen molar-refractivity contribution in [3.8, 4) is 0 Å². The average molecular weight is 224 g/mol. The van der Waals surface area contributed by atoms with Gasteiger partial charge in [0.15, 0.2) is 0 Å². The predicted octanol–water partition coefficient (Wildman–Crippen LogP) is 1.88. The van der Waals surface area contributed by atoms with E-state index in [1.54, 1.807) is 11.6 Å². The molecule has 1 N–H and O–H groups in total. The molecular formula is C8H8N4O2S. The lowest BCUT2D eigenvalue weighted by molar-refractivity contribution is -0.389. The topological polar surface area (TPSA) is 72.5 Å². The van der Waals surface area contributed by atoms with Crippen LogP contribution < -0.4 is 5.32 Å². The number of imidazole rings is 1. The maximum atomic E-state index is 10.9. The Bertz CT molecular complexity index is 528. The summed E-state index contributed by atoms with van der Waals surface area (Å²) in [5, 5.41) is 15.8. The first-order valence-corrected chi connectivity index (χ1v) is 5.50. The fourth-order valence-corrected chi connectivity index (χ4v) is 2.18. The van der Waals surface area contributed by atoms with Crippen molar-refractivity contribution in [2.75, 3.05) is 5.32 Å². The third-order valence-corrected chi connectivity index (χ3v) is 3.08. The van der Waals surface area contributed by atoms with E-state index in [9.17, 15) is 10.1 Å². The molecule has 0 unspecified atom stereocenters. The second kappa shape index (κ2) is 2.93. The van der Waals surface area contributed by atoms with Gasteiger partial charge in [-0.15, -0.1) is 0 Å². The van der Waals surface area contributed by atoms with Gasteiger partial charge < -0.3 is 15.4 Å². The molecule has 1 fully saturated rings. The first-order valence-electron chi connectivity index (χ1n) is 4.62. The van der Waals surface area contributed by atoms with E-state index in [1.807, 2.05) is 0 Å². The van der Waals surface area contributed by atoms with Gasteiger partial charge in [0.1, 0.15) is 6.20 Å². The minimum atomic E-state index is -0.391. The molecule has 2 aromatic rings. The second-order valence-electron chi connectivity index (χ2n) is 3.52. The molecule has 1 aliphatic carbocycles. The molecular weight excluding hydrogens is 216 g/mol. The Hall–Kier alpha value is -1.63. The number of rotatable bonds is 3. The molecule has 0 aliphatic heterocycles. The molecule has 78 valence electrons. The van der Waals surface area contributed by atoms with E-state index in [2.05, 4.69) is 10.3 Å². The van der Waals surface area contributed by atoms with Crippen LogP contribution in [-0.2, 0) is 0 Å². The quantitative estimate of drug-likeness (QED) is 0.638. The molecule has 7 heteroatoms. The van der Waals surface area contributed by atoms with Crippen molar-refractivity contribution in [2.24, 2.45) is 0 Å². The summed E-state index contributed by atoms with van der Waals surface area (Å²) in [7, 11) is 0. The van der Waals surface area contributed by atoms with Crippen LogP contribution >= 0.6 is 11.3 Å². The molecule has 0 atom stereocenters. The summed E-state index contributed by atoms with van der Waals surface area (Å²) >= 11 is 1.39. The van der Waals surface area contributed by atoms with E-state index >= 15 is 0 Å². The zero-order valence-corrected chi connectivity index (χ0v) is 8.53. The lowest BCUT2D eigenvalue weighted by Crippen LogP contribution is -2.04. The van der Waals surface area contributed by atoms with Crippen molar-refractivity contribution < 1.29 is 4.92 Å². The van der Waals surface area contributed by atoms with E-state index in [1.165, 1.54) is 15.7 Å². The summed E-state index contributed by atoms with van der Waals surface area (Å²) in [6.45, 7) is 0. The highest BCUT2D eigenvalue weighted by Crippen LogP contribution is 2.32. The molecule has 15 heavy (non-hydrogen) atoms. The van der Waals surface area contributed by atoms with E-state index < -0.39 is 4.92 Å². The van der Waals surface area contributed by atoms with Crippen LogP contribution in [0.1, 0.15) is 12.8 Å². The van der Waals surface area contributed by atoms with Gasteiger partial charge in [-0.1, -0.05) is 11.3 Å². The highest BCUT2D eigenvalue weighted by Gasteiger charge is 2.29. The van der Waals surface area contributed by atoms with Crippen LogP contribution in [-0.4, -0.2) is 20.3 Å². The van der Waals surface area contributed by atoms with Gasteiger partial charge in [0.2, 0.25) is 5.82 Å². The Kier molecular flexibility index (Phi) is 1.69. The molecule has 2 aromatic heterocycles. The Morgan fingerprint density at radius 2 is 2.47 bits per heavy atom. The third kappa shape index (κ3) is 1.35. The highest BCUT2D eigenvalue weighted by atomic mass is 32.1. The molecule has 0 bridgehead atoms. The smallest absolute Gasteiger partial charge is 0.360 e. The normalized spacial score (nSPS) is 15.7. The summed E-state index contributed by atoms with van der Waals surface area (Å²) in [4.78, 5) is 15.4. The maximum Gasteiger partial charge on any atom is 0.372 e. The molecule has 0 spiro atoms. The van der Waals surface area contributed by atoms with Gasteiger partial charge >= 0.3 is 5.82 Å². The first kappa shape index (κ1) is 8.66. The molecule has 0 aromatic carbocycles. The summed E-state index contributed by atoms with van der Waals surface area (Å²) in [5.74, 6) is 0.438. The van der Waals surface area contributed by atoms with E-state index in [0.29, 0.717) is 16.8 Å². The molecule has 1 saturated carbocycles. The monoisotopic (exact) mass is 224 g/mol. The molecule has 0 amide bonds. The second-order valence-corrected chi connectivity index (χ2v) is 4.39. The first-order chi connectivity index (χ1) is 7.25. The van der Waals surface area contributed by atoms with Crippen molar-refractivity contribution in [1.82, 2.24) is 9.38 Å². The van der Waals surface area contributed by atoms with Crippen molar-refractivity contribution in [3.05, 3.63) is 21.7 Å². The fourth-order valence-electron chi connectivity index (χ4n) is 1.47. The lowest BCUT2D eigenvalue weighted by Gasteiger charge is -1.99. The Morgan fingerprint density at radius 3 is 3.13 bits per heavy atom. The van der Waals surface area contributed by atoms with E-state index in [4.69, 9.17) is 0 Å². The lowest BCUT2D eigenvalue weighted by atomic mass is 10.6. The van der Waals surface area contributed by atoms with Crippen LogP contribution in [0.3, 0.4) is 0 Å². The van der Waals surface area contributed by atoms with E-state index in [0.717, 1.165) is 12.8 Å². The van der Waals surface area contributed by atoms with Crippen LogP contribution in [0.2, 0.25) is 0 Å². The Balaban J connectivity index is 2.13. The zero-order chi connectivity index (χ0) is 10.4. The molecule has 0 saturated heterocycles. The molecule has 0 radical (unpaired) electrons. The molecule has 6 nitrogen and oxygen atoms in total. The number of thiazole rings is 1. The maximum absolute atomic E-state index is 10.9. The SMILES string of the molecule is O=[N+]([O-])c1c(NC2CC2)nc2sccn12. The summed E-state index contributed by atoms with van der Waals surface area (Å²) in [6, 6.07) is 0.369. The van der Waals surface area contributed by atoms with Crippen LogP contribution in [0.25, 0.3) is 4.96 Å².